The van der Waals surface area contributed by atoms with Gasteiger partial charge in [0.2, 0.25) is 12.6 Å². The van der Waals surface area contributed by atoms with Gasteiger partial charge in [0.05, 0.1) is 6.20 Å². The molecule has 0 radical (unpaired) electrons. The van der Waals surface area contributed by atoms with Gasteiger partial charge < -0.3 is 19.3 Å². The average Bonchev–Trinajstić information content (AvgIpc) is 3.44. The Morgan fingerprint density at radius 1 is 1.07 bits per heavy atom. The lowest BCUT2D eigenvalue weighted by atomic mass is 9.81. The van der Waals surface area contributed by atoms with Crippen LogP contribution in [0.4, 0.5) is 0 Å². The van der Waals surface area contributed by atoms with Crippen LogP contribution in [0.15, 0.2) is 41.3 Å². The molecule has 0 unspecified atom stereocenters. The number of aromatic nitrogens is 4. The third kappa shape index (κ3) is 3.28. The number of amides is 1. The Kier molecular flexibility index (Phi) is 4.34. The molecule has 1 saturated carbocycles. The molecule has 0 spiro atoms. The van der Waals surface area contributed by atoms with Crippen LogP contribution in [0.25, 0.3) is 11.5 Å². The zero-order valence-corrected chi connectivity index (χ0v) is 15.6. The Morgan fingerprint density at radius 2 is 1.93 bits per heavy atom. The second kappa shape index (κ2) is 7.16. The molecule has 0 bridgehead atoms. The SMILES string of the molecule is O=C(NC1(c2nc(-c3cnccn3)no2)CCCCC1)c1ccc2c(c1)OCO2. The van der Waals surface area contributed by atoms with Crippen molar-refractivity contribution in [2.75, 3.05) is 6.79 Å². The smallest absolute Gasteiger partial charge is 0.252 e. The fourth-order valence-electron chi connectivity index (χ4n) is 3.81. The summed E-state index contributed by atoms with van der Waals surface area (Å²) in [7, 11) is 0. The van der Waals surface area contributed by atoms with Crippen LogP contribution in [0, 0.1) is 0 Å². The minimum Gasteiger partial charge on any atom is -0.454 e. The van der Waals surface area contributed by atoms with E-state index >= 15 is 0 Å². The van der Waals surface area contributed by atoms with Gasteiger partial charge in [0, 0.05) is 18.0 Å². The number of fused-ring (bicyclic) bond motifs is 1. The van der Waals surface area contributed by atoms with E-state index in [9.17, 15) is 4.79 Å². The second-order valence-electron chi connectivity index (χ2n) is 7.18. The van der Waals surface area contributed by atoms with Crippen LogP contribution in [-0.4, -0.2) is 32.8 Å². The molecule has 2 aromatic heterocycles. The highest BCUT2D eigenvalue weighted by molar-refractivity contribution is 5.95. The molecule has 1 aromatic carbocycles. The molecule has 5 rings (SSSR count). The Balaban J connectivity index is 1.44. The number of rotatable bonds is 4. The van der Waals surface area contributed by atoms with E-state index < -0.39 is 5.54 Å². The number of carbonyl (C=O) groups excluding carboxylic acids is 1. The molecular formula is C20H19N5O4. The van der Waals surface area contributed by atoms with Gasteiger partial charge in [-0.05, 0) is 31.0 Å². The van der Waals surface area contributed by atoms with Crippen LogP contribution in [-0.2, 0) is 5.54 Å². The Hall–Kier alpha value is -3.49. The lowest BCUT2D eigenvalue weighted by Gasteiger charge is -2.34. The van der Waals surface area contributed by atoms with Crippen LogP contribution in [0.5, 0.6) is 11.5 Å². The molecule has 9 heteroatoms. The van der Waals surface area contributed by atoms with E-state index in [1.807, 2.05) is 0 Å². The van der Waals surface area contributed by atoms with Gasteiger partial charge in [0.25, 0.3) is 11.8 Å². The molecule has 3 aromatic rings. The van der Waals surface area contributed by atoms with Crippen LogP contribution in [0.1, 0.15) is 48.4 Å². The number of hydrogen-bond acceptors (Lipinski definition) is 8. The van der Waals surface area contributed by atoms with E-state index in [4.69, 9.17) is 14.0 Å². The highest BCUT2D eigenvalue weighted by atomic mass is 16.7. The average molecular weight is 393 g/mol. The summed E-state index contributed by atoms with van der Waals surface area (Å²) in [6.45, 7) is 0.164. The summed E-state index contributed by atoms with van der Waals surface area (Å²) in [5.74, 6) is 1.74. The molecular weight excluding hydrogens is 374 g/mol. The maximum absolute atomic E-state index is 13.0. The first-order valence-electron chi connectivity index (χ1n) is 9.56. The number of benzene rings is 1. The van der Waals surface area contributed by atoms with E-state index in [1.54, 1.807) is 36.8 Å². The predicted molar refractivity (Wildman–Crippen MR) is 100 cm³/mol. The van der Waals surface area contributed by atoms with Gasteiger partial charge in [-0.25, -0.2) is 4.98 Å². The van der Waals surface area contributed by atoms with Crippen molar-refractivity contribution in [2.45, 2.75) is 37.6 Å². The van der Waals surface area contributed by atoms with Crippen molar-refractivity contribution in [3.63, 3.8) is 0 Å². The van der Waals surface area contributed by atoms with Gasteiger partial charge in [-0.2, -0.15) is 4.98 Å². The van der Waals surface area contributed by atoms with Crippen molar-refractivity contribution in [3.8, 4) is 23.0 Å². The molecule has 1 N–H and O–H groups in total. The third-order valence-corrected chi connectivity index (χ3v) is 5.32. The molecule has 29 heavy (non-hydrogen) atoms. The minimum atomic E-state index is -0.709. The first kappa shape index (κ1) is 17.6. The first-order valence-corrected chi connectivity index (χ1v) is 9.56. The molecule has 0 atom stereocenters. The van der Waals surface area contributed by atoms with Gasteiger partial charge in [0.15, 0.2) is 11.5 Å². The maximum Gasteiger partial charge on any atom is 0.252 e. The van der Waals surface area contributed by atoms with Gasteiger partial charge in [-0.15, -0.1) is 0 Å². The Morgan fingerprint density at radius 3 is 2.76 bits per heavy atom. The molecule has 0 saturated heterocycles. The summed E-state index contributed by atoms with van der Waals surface area (Å²) < 4.78 is 16.3. The van der Waals surface area contributed by atoms with E-state index in [2.05, 4.69) is 25.4 Å². The summed E-state index contributed by atoms with van der Waals surface area (Å²) >= 11 is 0. The van der Waals surface area contributed by atoms with Crippen molar-refractivity contribution >= 4 is 5.91 Å². The van der Waals surface area contributed by atoms with Gasteiger partial charge >= 0.3 is 0 Å². The fraction of sp³-hybridized carbons (Fsp3) is 0.350. The standard InChI is InChI=1S/C20H19N5O4/c26-18(13-4-5-15-16(10-13)28-12-27-15)24-20(6-2-1-3-7-20)19-23-17(25-29-19)14-11-21-8-9-22-14/h4-5,8-11H,1-3,6-7,12H2,(H,24,26). The van der Waals surface area contributed by atoms with Crippen molar-refractivity contribution in [3.05, 3.63) is 48.2 Å². The minimum absolute atomic E-state index is 0.164. The Labute approximate surface area is 166 Å². The summed E-state index contributed by atoms with van der Waals surface area (Å²) in [6, 6.07) is 5.15. The van der Waals surface area contributed by atoms with Crippen molar-refractivity contribution in [2.24, 2.45) is 0 Å². The van der Waals surface area contributed by atoms with Crippen LogP contribution in [0.3, 0.4) is 0 Å². The number of hydrogen-bond donors (Lipinski definition) is 1. The Bertz CT molecular complexity index is 1030. The summed E-state index contributed by atoms with van der Waals surface area (Å²) in [4.78, 5) is 25.8. The van der Waals surface area contributed by atoms with Crippen LogP contribution < -0.4 is 14.8 Å². The lowest BCUT2D eigenvalue weighted by Crippen LogP contribution is -2.47. The number of ether oxygens (including phenoxy) is 2. The number of nitrogens with zero attached hydrogens (tertiary/aromatic N) is 4. The molecule has 3 heterocycles. The van der Waals surface area contributed by atoms with Crippen molar-refractivity contribution in [1.29, 1.82) is 0 Å². The monoisotopic (exact) mass is 393 g/mol. The molecule has 1 fully saturated rings. The largest absolute Gasteiger partial charge is 0.454 e. The molecule has 9 nitrogen and oxygen atoms in total. The number of nitrogens with one attached hydrogen (secondary N) is 1. The summed E-state index contributed by atoms with van der Waals surface area (Å²) in [5, 5.41) is 7.21. The molecule has 1 aliphatic heterocycles. The quantitative estimate of drug-likeness (QED) is 0.720. The van der Waals surface area contributed by atoms with Crippen LogP contribution in [0.2, 0.25) is 0 Å². The maximum atomic E-state index is 13.0. The molecule has 148 valence electrons. The van der Waals surface area contributed by atoms with Crippen molar-refractivity contribution in [1.82, 2.24) is 25.4 Å². The van der Waals surface area contributed by atoms with Crippen LogP contribution >= 0.6 is 0 Å². The van der Waals surface area contributed by atoms with E-state index in [1.165, 1.54) is 0 Å². The molecule has 2 aliphatic rings. The third-order valence-electron chi connectivity index (χ3n) is 5.32. The second-order valence-corrected chi connectivity index (χ2v) is 7.18. The van der Waals surface area contributed by atoms with E-state index in [0.29, 0.717) is 34.5 Å². The summed E-state index contributed by atoms with van der Waals surface area (Å²) in [5.41, 5.74) is 0.308. The zero-order valence-electron chi connectivity index (χ0n) is 15.6. The first-order chi connectivity index (χ1) is 14.2. The highest BCUT2D eigenvalue weighted by Gasteiger charge is 2.41. The molecule has 1 aliphatic carbocycles. The summed E-state index contributed by atoms with van der Waals surface area (Å²) in [6.07, 6.45) is 9.22. The fourth-order valence-corrected chi connectivity index (χ4v) is 3.81. The number of carbonyl (C=O) groups is 1. The van der Waals surface area contributed by atoms with Crippen molar-refractivity contribution < 1.29 is 18.8 Å². The molecule has 1 amide bonds. The van der Waals surface area contributed by atoms with Gasteiger partial charge in [-0.1, -0.05) is 24.4 Å². The predicted octanol–water partition coefficient (Wildman–Crippen LogP) is 2.84. The zero-order chi connectivity index (χ0) is 19.7. The highest BCUT2D eigenvalue weighted by Crippen LogP contribution is 2.38. The van der Waals surface area contributed by atoms with E-state index in [-0.39, 0.29) is 12.7 Å². The normalized spacial score (nSPS) is 17.1. The topological polar surface area (TPSA) is 112 Å². The van der Waals surface area contributed by atoms with E-state index in [0.717, 1.165) is 32.1 Å². The lowest BCUT2D eigenvalue weighted by molar-refractivity contribution is 0.0824. The van der Waals surface area contributed by atoms with Gasteiger partial charge in [0.1, 0.15) is 11.2 Å². The van der Waals surface area contributed by atoms with Gasteiger partial charge in [-0.3, -0.25) is 9.78 Å².